The largest absolute Gasteiger partial charge is 0.353 e. The number of carbonyl (C=O) groups excluding carboxylic acids is 1. The first-order chi connectivity index (χ1) is 9.69. The van der Waals surface area contributed by atoms with Crippen LogP contribution >= 0.6 is 0 Å². The minimum atomic E-state index is 0.283. The zero-order valence-corrected chi connectivity index (χ0v) is 13.1. The summed E-state index contributed by atoms with van der Waals surface area (Å²) in [6, 6.07) is 0.855. The van der Waals surface area contributed by atoms with Gasteiger partial charge in [0, 0.05) is 18.5 Å². The molecule has 3 heteroatoms. The Morgan fingerprint density at radius 3 is 2.50 bits per heavy atom. The smallest absolute Gasteiger partial charge is 0.220 e. The highest BCUT2D eigenvalue weighted by molar-refractivity contribution is 5.76. The molecular weight excluding hydrogens is 248 g/mol. The van der Waals surface area contributed by atoms with Gasteiger partial charge in [-0.3, -0.25) is 4.79 Å². The molecule has 0 aromatic rings. The third kappa shape index (κ3) is 4.76. The third-order valence-electron chi connectivity index (χ3n) is 5.45. The molecule has 0 heterocycles. The van der Waals surface area contributed by atoms with Crippen LogP contribution in [0.2, 0.25) is 0 Å². The molecule has 0 aromatic heterocycles. The van der Waals surface area contributed by atoms with Gasteiger partial charge in [-0.25, -0.2) is 0 Å². The van der Waals surface area contributed by atoms with Gasteiger partial charge in [-0.05, 0) is 56.8 Å². The fraction of sp³-hybridized carbons (Fsp3) is 0.941. The number of nitrogens with one attached hydrogen (secondary N) is 1. The van der Waals surface area contributed by atoms with Crippen molar-refractivity contribution in [1.29, 1.82) is 0 Å². The van der Waals surface area contributed by atoms with E-state index < -0.39 is 0 Å². The number of amides is 1. The van der Waals surface area contributed by atoms with Crippen LogP contribution < -0.4 is 11.1 Å². The first-order valence-electron chi connectivity index (χ1n) is 8.74. The number of carbonyl (C=O) groups is 1. The predicted octanol–water partition coefficient (Wildman–Crippen LogP) is 3.37. The maximum Gasteiger partial charge on any atom is 0.220 e. The summed E-state index contributed by atoms with van der Waals surface area (Å²) in [4.78, 5) is 12.1. The summed E-state index contributed by atoms with van der Waals surface area (Å²) in [5.74, 6) is 1.72. The van der Waals surface area contributed by atoms with Crippen molar-refractivity contribution in [2.24, 2.45) is 17.6 Å². The molecule has 0 aromatic carbocycles. The van der Waals surface area contributed by atoms with Crippen molar-refractivity contribution < 1.29 is 4.79 Å². The minimum absolute atomic E-state index is 0.283. The van der Waals surface area contributed by atoms with Crippen LogP contribution in [0.15, 0.2) is 0 Å². The molecular formula is C17H32N2O. The second-order valence-electron chi connectivity index (χ2n) is 6.95. The highest BCUT2D eigenvalue weighted by Crippen LogP contribution is 2.28. The van der Waals surface area contributed by atoms with E-state index in [0.29, 0.717) is 24.4 Å². The van der Waals surface area contributed by atoms with Crippen LogP contribution in [0, 0.1) is 11.8 Å². The molecule has 0 radical (unpaired) electrons. The van der Waals surface area contributed by atoms with Crippen molar-refractivity contribution in [3.63, 3.8) is 0 Å². The Labute approximate surface area is 124 Å². The average molecular weight is 280 g/mol. The van der Waals surface area contributed by atoms with Gasteiger partial charge in [-0.15, -0.1) is 0 Å². The van der Waals surface area contributed by atoms with E-state index >= 15 is 0 Å². The standard InChI is InChI=1S/C17H32N2O/c1-2-14-5-3-4-6-16(14)19-17(20)12-9-13-7-10-15(18)11-8-13/h13-16H,2-12,18H2,1H3,(H,19,20). The summed E-state index contributed by atoms with van der Waals surface area (Å²) < 4.78 is 0. The lowest BCUT2D eigenvalue weighted by Gasteiger charge is -2.32. The van der Waals surface area contributed by atoms with Crippen molar-refractivity contribution in [3.8, 4) is 0 Å². The lowest BCUT2D eigenvalue weighted by Crippen LogP contribution is -2.42. The first-order valence-corrected chi connectivity index (χ1v) is 8.74. The van der Waals surface area contributed by atoms with Crippen LogP contribution in [-0.2, 0) is 4.79 Å². The Balaban J connectivity index is 1.66. The van der Waals surface area contributed by atoms with Gasteiger partial charge in [-0.1, -0.05) is 26.2 Å². The molecule has 2 aliphatic carbocycles. The Morgan fingerprint density at radius 1 is 1.10 bits per heavy atom. The Kier molecular flexibility index (Phi) is 6.34. The molecule has 0 aliphatic heterocycles. The van der Waals surface area contributed by atoms with Gasteiger partial charge in [-0.2, -0.15) is 0 Å². The fourth-order valence-electron chi connectivity index (χ4n) is 3.98. The van der Waals surface area contributed by atoms with Crippen LogP contribution in [0.25, 0.3) is 0 Å². The quantitative estimate of drug-likeness (QED) is 0.811. The minimum Gasteiger partial charge on any atom is -0.353 e. The molecule has 2 aliphatic rings. The second-order valence-corrected chi connectivity index (χ2v) is 6.95. The summed E-state index contributed by atoms with van der Waals surface area (Å²) in [5, 5.41) is 3.30. The van der Waals surface area contributed by atoms with E-state index in [1.807, 2.05) is 0 Å². The topological polar surface area (TPSA) is 55.1 Å². The molecule has 3 nitrogen and oxygen atoms in total. The van der Waals surface area contributed by atoms with Gasteiger partial charge in [0.25, 0.3) is 0 Å². The average Bonchev–Trinajstić information content (AvgIpc) is 2.47. The van der Waals surface area contributed by atoms with Crippen molar-refractivity contribution in [2.45, 2.75) is 89.6 Å². The van der Waals surface area contributed by atoms with Crippen molar-refractivity contribution in [2.75, 3.05) is 0 Å². The van der Waals surface area contributed by atoms with Crippen molar-refractivity contribution in [3.05, 3.63) is 0 Å². The maximum atomic E-state index is 12.1. The Hall–Kier alpha value is -0.570. The summed E-state index contributed by atoms with van der Waals surface area (Å²) in [5.41, 5.74) is 5.93. The SMILES string of the molecule is CCC1CCCCC1NC(=O)CCC1CCC(N)CC1. The molecule has 0 saturated heterocycles. The lowest BCUT2D eigenvalue weighted by molar-refractivity contribution is -0.122. The summed E-state index contributed by atoms with van der Waals surface area (Å²) in [7, 11) is 0. The van der Waals surface area contributed by atoms with E-state index in [9.17, 15) is 4.79 Å². The molecule has 2 fully saturated rings. The number of rotatable bonds is 5. The molecule has 20 heavy (non-hydrogen) atoms. The fourth-order valence-corrected chi connectivity index (χ4v) is 3.98. The molecule has 116 valence electrons. The Morgan fingerprint density at radius 2 is 1.80 bits per heavy atom. The first kappa shape index (κ1) is 15.8. The summed E-state index contributed by atoms with van der Waals surface area (Å²) in [6.45, 7) is 2.25. The van der Waals surface area contributed by atoms with Crippen LogP contribution in [0.5, 0.6) is 0 Å². The molecule has 3 N–H and O–H groups in total. The lowest BCUT2D eigenvalue weighted by atomic mass is 9.82. The molecule has 1 amide bonds. The number of hydrogen-bond acceptors (Lipinski definition) is 2. The second kappa shape index (κ2) is 8.02. The molecule has 0 bridgehead atoms. The monoisotopic (exact) mass is 280 g/mol. The summed E-state index contributed by atoms with van der Waals surface area (Å²) >= 11 is 0. The highest BCUT2D eigenvalue weighted by atomic mass is 16.1. The van der Waals surface area contributed by atoms with Crippen LogP contribution in [0.3, 0.4) is 0 Å². The summed E-state index contributed by atoms with van der Waals surface area (Å²) in [6.07, 6.45) is 12.8. The van der Waals surface area contributed by atoms with Gasteiger partial charge in [0.2, 0.25) is 5.91 Å². The molecule has 2 atom stereocenters. The van der Waals surface area contributed by atoms with Gasteiger partial charge in [0.15, 0.2) is 0 Å². The molecule has 2 unspecified atom stereocenters. The van der Waals surface area contributed by atoms with Gasteiger partial charge in [0.05, 0.1) is 0 Å². The Bertz CT molecular complexity index is 297. The predicted molar refractivity (Wildman–Crippen MR) is 83.3 cm³/mol. The van der Waals surface area contributed by atoms with Crippen molar-refractivity contribution in [1.82, 2.24) is 5.32 Å². The van der Waals surface area contributed by atoms with Gasteiger partial charge >= 0.3 is 0 Å². The molecule has 2 saturated carbocycles. The normalized spacial score (nSPS) is 34.7. The van der Waals surface area contributed by atoms with E-state index in [4.69, 9.17) is 5.73 Å². The number of hydrogen-bond donors (Lipinski definition) is 2. The maximum absolute atomic E-state index is 12.1. The number of nitrogens with two attached hydrogens (primary N) is 1. The van der Waals surface area contributed by atoms with Crippen LogP contribution in [-0.4, -0.2) is 18.0 Å². The van der Waals surface area contributed by atoms with E-state index in [0.717, 1.165) is 25.2 Å². The van der Waals surface area contributed by atoms with E-state index in [1.54, 1.807) is 0 Å². The van der Waals surface area contributed by atoms with Gasteiger partial charge < -0.3 is 11.1 Å². The van der Waals surface area contributed by atoms with E-state index in [2.05, 4.69) is 12.2 Å². The zero-order valence-electron chi connectivity index (χ0n) is 13.1. The molecule has 0 spiro atoms. The van der Waals surface area contributed by atoms with Crippen LogP contribution in [0.1, 0.15) is 77.6 Å². The van der Waals surface area contributed by atoms with E-state index in [-0.39, 0.29) is 5.91 Å². The van der Waals surface area contributed by atoms with Crippen molar-refractivity contribution >= 4 is 5.91 Å². The van der Waals surface area contributed by atoms with E-state index in [1.165, 1.54) is 44.9 Å². The zero-order chi connectivity index (χ0) is 14.4. The third-order valence-corrected chi connectivity index (χ3v) is 5.45. The highest BCUT2D eigenvalue weighted by Gasteiger charge is 2.25. The van der Waals surface area contributed by atoms with Crippen LogP contribution in [0.4, 0.5) is 0 Å². The molecule has 2 rings (SSSR count). The van der Waals surface area contributed by atoms with Gasteiger partial charge in [0.1, 0.15) is 0 Å².